The maximum atomic E-state index is 13.8. The Morgan fingerprint density at radius 3 is 2.08 bits per heavy atom. The summed E-state index contributed by atoms with van der Waals surface area (Å²) in [5.74, 6) is -0.573. The highest BCUT2D eigenvalue weighted by Crippen LogP contribution is 2.41. The van der Waals surface area contributed by atoms with E-state index in [1.807, 2.05) is 39.8 Å². The second-order valence-electron chi connectivity index (χ2n) is 11.4. The summed E-state index contributed by atoms with van der Waals surface area (Å²) >= 11 is 0. The van der Waals surface area contributed by atoms with Crippen molar-refractivity contribution in [3.8, 4) is 0 Å². The number of benzene rings is 2. The molecule has 1 amide bonds. The van der Waals surface area contributed by atoms with Crippen LogP contribution in [0.3, 0.4) is 0 Å². The fraction of sp³-hybridized carbons (Fsp3) is 0.462. The fourth-order valence-electron chi connectivity index (χ4n) is 4.94. The molecule has 0 saturated carbocycles. The quantitative estimate of drug-likeness (QED) is 0.443. The van der Waals surface area contributed by atoms with Crippen LogP contribution in [0.15, 0.2) is 58.5 Å². The number of piperidine rings is 1. The zero-order valence-corrected chi connectivity index (χ0v) is 22.6. The van der Waals surface area contributed by atoms with Crippen LogP contribution in [-0.2, 0) is 15.4 Å². The molecule has 0 aliphatic carbocycles. The van der Waals surface area contributed by atoms with Gasteiger partial charge in [-0.25, -0.2) is 13.8 Å². The molecular formula is C26H34N4O5S. The number of rotatable bonds is 5. The summed E-state index contributed by atoms with van der Waals surface area (Å²) in [5, 5.41) is 15.3. The van der Waals surface area contributed by atoms with Crippen LogP contribution in [0.5, 0.6) is 0 Å². The lowest BCUT2D eigenvalue weighted by Crippen LogP contribution is -2.63. The number of nitro groups is 1. The van der Waals surface area contributed by atoms with Gasteiger partial charge in [-0.3, -0.25) is 14.9 Å². The maximum absolute atomic E-state index is 13.8. The van der Waals surface area contributed by atoms with Crippen LogP contribution in [0.4, 0.5) is 5.69 Å². The second kappa shape index (κ2) is 9.40. The number of hydrogen-bond donors (Lipinski definition) is 1. The highest BCUT2D eigenvalue weighted by atomic mass is 32.2. The zero-order valence-electron chi connectivity index (χ0n) is 21.8. The van der Waals surface area contributed by atoms with Gasteiger partial charge in [-0.15, -0.1) is 0 Å². The molecule has 2 aromatic carbocycles. The van der Waals surface area contributed by atoms with Gasteiger partial charge in [-0.05, 0) is 56.9 Å². The molecule has 1 N–H and O–H groups in total. The summed E-state index contributed by atoms with van der Waals surface area (Å²) in [5.41, 5.74) is 2.36. The largest absolute Gasteiger partial charge is 0.271 e. The van der Waals surface area contributed by atoms with E-state index in [9.17, 15) is 23.3 Å². The van der Waals surface area contributed by atoms with Gasteiger partial charge >= 0.3 is 0 Å². The molecule has 0 unspecified atom stereocenters. The fourth-order valence-corrected chi connectivity index (χ4v) is 7.06. The molecule has 0 radical (unpaired) electrons. The lowest BCUT2D eigenvalue weighted by molar-refractivity contribution is -0.384. The van der Waals surface area contributed by atoms with Crippen LogP contribution in [0.1, 0.15) is 77.2 Å². The number of sulfonamides is 1. The van der Waals surface area contributed by atoms with E-state index in [-0.39, 0.29) is 21.6 Å². The molecule has 36 heavy (non-hydrogen) atoms. The molecule has 1 fully saturated rings. The lowest BCUT2D eigenvalue weighted by Gasteiger charge is -2.51. The molecule has 0 atom stereocenters. The smallest absolute Gasteiger partial charge is 0.267 e. The first-order chi connectivity index (χ1) is 16.4. The van der Waals surface area contributed by atoms with E-state index in [2.05, 4.69) is 31.3 Å². The summed E-state index contributed by atoms with van der Waals surface area (Å²) in [4.78, 5) is 23.2. The number of carbonyl (C=O) groups excluding carboxylic acids is 1. The van der Waals surface area contributed by atoms with Gasteiger partial charge in [0.15, 0.2) is 0 Å². The maximum Gasteiger partial charge on any atom is 0.271 e. The second-order valence-corrected chi connectivity index (χ2v) is 13.2. The van der Waals surface area contributed by atoms with Gasteiger partial charge in [0.1, 0.15) is 0 Å². The van der Waals surface area contributed by atoms with E-state index in [4.69, 9.17) is 0 Å². The summed E-state index contributed by atoms with van der Waals surface area (Å²) in [7, 11) is -3.82. The van der Waals surface area contributed by atoms with E-state index in [1.54, 1.807) is 16.4 Å². The van der Waals surface area contributed by atoms with Crippen LogP contribution in [0.2, 0.25) is 0 Å². The molecule has 0 aromatic heterocycles. The van der Waals surface area contributed by atoms with Gasteiger partial charge < -0.3 is 0 Å². The number of amides is 1. The van der Waals surface area contributed by atoms with E-state index in [0.29, 0.717) is 18.6 Å². The van der Waals surface area contributed by atoms with Crippen molar-refractivity contribution in [2.24, 2.45) is 5.10 Å². The number of nitrogens with zero attached hydrogens (tertiary/aromatic N) is 3. The van der Waals surface area contributed by atoms with Gasteiger partial charge in [-0.2, -0.15) is 9.41 Å². The van der Waals surface area contributed by atoms with Crippen LogP contribution in [0, 0.1) is 10.1 Å². The molecule has 1 aliphatic heterocycles. The minimum Gasteiger partial charge on any atom is -0.267 e. The topological polar surface area (TPSA) is 122 Å². The van der Waals surface area contributed by atoms with E-state index in [1.165, 1.54) is 24.3 Å². The first kappa shape index (κ1) is 27.5. The molecule has 2 aromatic rings. The zero-order chi connectivity index (χ0) is 27.1. The average molecular weight is 515 g/mol. The van der Waals surface area contributed by atoms with Crippen molar-refractivity contribution in [3.63, 3.8) is 0 Å². The van der Waals surface area contributed by atoms with Crippen molar-refractivity contribution in [3.05, 3.63) is 69.8 Å². The molecular weight excluding hydrogens is 480 g/mol. The Morgan fingerprint density at radius 1 is 1.03 bits per heavy atom. The normalized spacial score (nSPS) is 17.9. The van der Waals surface area contributed by atoms with Gasteiger partial charge in [0.2, 0.25) is 10.0 Å². The summed E-state index contributed by atoms with van der Waals surface area (Å²) < 4.78 is 29.1. The number of non-ortho nitro benzene ring substituents is 1. The number of nitro benzene ring substituents is 1. The minimum atomic E-state index is -3.82. The molecule has 0 bridgehead atoms. The summed E-state index contributed by atoms with van der Waals surface area (Å²) in [6.45, 7) is 13.6. The van der Waals surface area contributed by atoms with Crippen LogP contribution >= 0.6 is 0 Å². The van der Waals surface area contributed by atoms with Crippen molar-refractivity contribution in [1.82, 2.24) is 9.73 Å². The SMILES string of the molecule is CC(C)(C)c1ccc(S(=O)(=O)N2C(C)(C)CC(=NNC(=O)c3cccc([N+](=O)[O-])c3)CC2(C)C)cc1. The van der Waals surface area contributed by atoms with Gasteiger partial charge in [0.05, 0.1) is 9.82 Å². The first-order valence-corrected chi connectivity index (χ1v) is 13.2. The average Bonchev–Trinajstić information content (AvgIpc) is 2.75. The Hall–Kier alpha value is -3.11. The Bertz CT molecular complexity index is 1290. The van der Waals surface area contributed by atoms with Crippen LogP contribution < -0.4 is 5.43 Å². The molecule has 0 spiro atoms. The molecule has 1 aliphatic rings. The lowest BCUT2D eigenvalue weighted by atomic mass is 9.81. The number of carbonyl (C=O) groups is 1. The number of nitrogens with one attached hydrogen (secondary N) is 1. The Balaban J connectivity index is 1.85. The summed E-state index contributed by atoms with van der Waals surface area (Å²) in [6.07, 6.45) is 0.621. The van der Waals surface area contributed by atoms with Crippen LogP contribution in [0.25, 0.3) is 0 Å². The van der Waals surface area contributed by atoms with Crippen molar-refractivity contribution in [2.75, 3.05) is 0 Å². The molecule has 9 nitrogen and oxygen atoms in total. The highest BCUT2D eigenvalue weighted by molar-refractivity contribution is 7.89. The summed E-state index contributed by atoms with van der Waals surface area (Å²) in [6, 6.07) is 12.4. The predicted octanol–water partition coefficient (Wildman–Crippen LogP) is 5.02. The van der Waals surface area contributed by atoms with Crippen molar-refractivity contribution in [1.29, 1.82) is 0 Å². The third-order valence-electron chi connectivity index (χ3n) is 6.27. The molecule has 1 heterocycles. The Labute approximate surface area is 212 Å². The standard InChI is InChI=1S/C26H34N4O5S/c1-24(2,3)19-11-13-22(14-12-19)36(34,35)30-25(4,5)16-20(17-26(30,6)7)27-28-23(31)18-9-8-10-21(15-18)29(32)33/h8-15H,16-17H2,1-7H3,(H,28,31). The van der Waals surface area contributed by atoms with Crippen molar-refractivity contribution >= 4 is 27.3 Å². The van der Waals surface area contributed by atoms with Gasteiger partial charge in [0, 0.05) is 47.3 Å². The number of hydrazone groups is 1. The Morgan fingerprint density at radius 2 is 1.58 bits per heavy atom. The predicted molar refractivity (Wildman–Crippen MR) is 140 cm³/mol. The van der Waals surface area contributed by atoms with E-state index in [0.717, 1.165) is 5.56 Å². The third kappa shape index (κ3) is 5.65. The Kier molecular flexibility index (Phi) is 7.18. The van der Waals surface area contributed by atoms with E-state index >= 15 is 0 Å². The molecule has 10 heteroatoms. The minimum absolute atomic E-state index is 0.0908. The highest BCUT2D eigenvalue weighted by Gasteiger charge is 2.51. The first-order valence-electron chi connectivity index (χ1n) is 11.7. The molecule has 3 rings (SSSR count). The molecule has 194 valence electrons. The van der Waals surface area contributed by atoms with Crippen LogP contribution in [-0.4, -0.2) is 40.3 Å². The van der Waals surface area contributed by atoms with Gasteiger partial charge in [0.25, 0.3) is 11.6 Å². The third-order valence-corrected chi connectivity index (χ3v) is 8.60. The van der Waals surface area contributed by atoms with Gasteiger partial charge in [-0.1, -0.05) is 39.0 Å². The van der Waals surface area contributed by atoms with Crippen molar-refractivity contribution in [2.45, 2.75) is 82.7 Å². The monoisotopic (exact) mass is 514 g/mol. The number of hydrogen-bond acceptors (Lipinski definition) is 6. The van der Waals surface area contributed by atoms with E-state index < -0.39 is 31.9 Å². The van der Waals surface area contributed by atoms with Crippen molar-refractivity contribution < 1.29 is 18.1 Å². The molecule has 1 saturated heterocycles.